The molecule has 0 aromatic carbocycles. The monoisotopic (exact) mass is 723 g/mol. The molecule has 10 nitrogen and oxygen atoms in total. The number of hydrogen-bond acceptors (Lipinski definition) is 8. The Morgan fingerprint density at radius 1 is 0.765 bits per heavy atom. The van der Waals surface area contributed by atoms with Crippen molar-refractivity contribution in [1.29, 1.82) is 10.5 Å². The molecule has 0 radical (unpaired) electrons. The van der Waals surface area contributed by atoms with E-state index in [-0.39, 0.29) is 56.6 Å². The van der Waals surface area contributed by atoms with E-state index in [1.54, 1.807) is 43.6 Å². The third-order valence-electron chi connectivity index (χ3n) is 12.2. The lowest BCUT2D eigenvalue weighted by Gasteiger charge is -2.35. The molecule has 0 aromatic heterocycles. The summed E-state index contributed by atoms with van der Waals surface area (Å²) in [5, 5.41) is 45.7. The van der Waals surface area contributed by atoms with Crippen molar-refractivity contribution >= 4 is 11.9 Å². The number of alkyl halides is 4. The van der Waals surface area contributed by atoms with Crippen molar-refractivity contribution in [2.24, 2.45) is 11.3 Å². The fourth-order valence-corrected chi connectivity index (χ4v) is 8.93. The smallest absolute Gasteiger partial charge is 0.346 e. The zero-order valence-corrected chi connectivity index (χ0v) is 30.2. The van der Waals surface area contributed by atoms with Gasteiger partial charge in [-0.1, -0.05) is 0 Å². The van der Waals surface area contributed by atoms with Gasteiger partial charge in [0.15, 0.2) is 0 Å². The van der Waals surface area contributed by atoms with Crippen LogP contribution in [0.4, 0.5) is 17.6 Å². The zero-order valence-electron chi connectivity index (χ0n) is 30.2. The first-order valence-electron chi connectivity index (χ1n) is 18.0. The van der Waals surface area contributed by atoms with Gasteiger partial charge >= 0.3 is 5.97 Å². The van der Waals surface area contributed by atoms with Gasteiger partial charge in [-0.2, -0.15) is 10.5 Å². The zero-order chi connectivity index (χ0) is 38.0. The van der Waals surface area contributed by atoms with E-state index in [1.807, 2.05) is 6.07 Å². The number of carboxylic acids is 1. The minimum Gasteiger partial charge on any atom is -0.477 e. The van der Waals surface area contributed by atoms with Crippen LogP contribution in [-0.4, -0.2) is 116 Å². The average Bonchev–Trinajstić information content (AvgIpc) is 3.93. The number of fused-ring (bicyclic) bond motifs is 4. The number of likely N-dealkylation sites (tertiary alicyclic amines) is 2. The van der Waals surface area contributed by atoms with Gasteiger partial charge in [0.05, 0.1) is 25.2 Å². The van der Waals surface area contributed by atoms with Gasteiger partial charge in [-0.3, -0.25) is 14.6 Å². The predicted molar refractivity (Wildman–Crippen MR) is 180 cm³/mol. The van der Waals surface area contributed by atoms with E-state index in [0.29, 0.717) is 12.0 Å². The second-order valence-electron chi connectivity index (χ2n) is 16.6. The second-order valence-corrected chi connectivity index (χ2v) is 16.6. The van der Waals surface area contributed by atoms with E-state index < -0.39 is 46.5 Å². The van der Waals surface area contributed by atoms with Crippen molar-refractivity contribution in [3.63, 3.8) is 0 Å². The molecule has 0 unspecified atom stereocenters. The number of hydrogen-bond donors (Lipinski definition) is 3. The van der Waals surface area contributed by atoms with Gasteiger partial charge in [-0.05, 0) is 109 Å². The number of carbonyl (C=O) groups is 2. The molecular weight excluding hydrogens is 670 g/mol. The number of amides is 1. The highest BCUT2D eigenvalue weighted by molar-refractivity contribution is 5.98. The summed E-state index contributed by atoms with van der Waals surface area (Å²) in [4.78, 5) is 28.4. The van der Waals surface area contributed by atoms with Crippen molar-refractivity contribution < 1.29 is 42.5 Å². The van der Waals surface area contributed by atoms with Crippen LogP contribution in [-0.2, 0) is 9.59 Å². The molecule has 2 saturated carbocycles. The molecule has 284 valence electrons. The van der Waals surface area contributed by atoms with Crippen LogP contribution < -0.4 is 0 Å². The van der Waals surface area contributed by atoms with Crippen LogP contribution >= 0.6 is 0 Å². The summed E-state index contributed by atoms with van der Waals surface area (Å²) in [7, 11) is 0. The third-order valence-corrected chi connectivity index (χ3v) is 12.2. The molecule has 2 aliphatic carbocycles. The van der Waals surface area contributed by atoms with Crippen LogP contribution in [0.25, 0.3) is 0 Å². The molecule has 4 saturated heterocycles. The van der Waals surface area contributed by atoms with Crippen LogP contribution in [0.2, 0.25) is 0 Å². The van der Waals surface area contributed by atoms with E-state index in [1.165, 1.54) is 49.2 Å². The molecule has 4 heterocycles. The lowest BCUT2D eigenvalue weighted by Crippen LogP contribution is -2.49. The summed E-state index contributed by atoms with van der Waals surface area (Å²) < 4.78 is 53.2. The Morgan fingerprint density at radius 2 is 1.24 bits per heavy atom. The van der Waals surface area contributed by atoms with Crippen LogP contribution in [0.15, 0.2) is 23.3 Å². The van der Waals surface area contributed by atoms with Crippen LogP contribution in [0.5, 0.6) is 0 Å². The second kappa shape index (κ2) is 15.1. The summed E-state index contributed by atoms with van der Waals surface area (Å²) in [5.41, 5.74) is -2.28. The molecule has 51 heavy (non-hydrogen) atoms. The van der Waals surface area contributed by atoms with Gasteiger partial charge in [-0.15, -0.1) is 0 Å². The number of aliphatic carboxylic acids is 1. The van der Waals surface area contributed by atoms with Gasteiger partial charge in [0, 0.05) is 49.7 Å². The lowest BCUT2D eigenvalue weighted by molar-refractivity contribution is -0.133. The van der Waals surface area contributed by atoms with Crippen molar-refractivity contribution in [2.45, 2.75) is 133 Å². The topological polar surface area (TPSA) is 152 Å². The normalized spacial score (nSPS) is 31.4. The summed E-state index contributed by atoms with van der Waals surface area (Å²) in [6.07, 6.45) is 12.2. The Labute approximate surface area is 298 Å². The first kappa shape index (κ1) is 40.7. The Balaban J connectivity index is 0.000000192. The SMILES string of the molecule is CC(C)(C=C(C#N)C(=O)N1C2CCC1(CO)CC2)N1CCC(F)(F)C1.CC(C)(C=C(C#N)C(=O)O)N1CCC(F)(F)C1.OCC12CCC(CC1)C2. The maximum atomic E-state index is 13.5. The molecule has 1 amide bonds. The Bertz CT molecular complexity index is 1450. The van der Waals surface area contributed by atoms with Gasteiger partial charge < -0.3 is 20.2 Å². The summed E-state index contributed by atoms with van der Waals surface area (Å²) in [6, 6.07) is 3.58. The molecule has 0 aromatic rings. The standard InChI is InChI=1S/C18H25F2N3O2.C11H14F2N2O2.C8H14O/c1-16(2,22-8-7-18(19,20)11-22)9-13(10-21)15(25)23-14-3-5-17(23,12-24)6-4-14;1-10(2,5-8(6-14)9(16)17)15-4-3-11(12,13)7-15;9-6-8-3-1-7(5-8)2-4-8/h9,14,24H,3-8,11-12H2,1-2H3;5H,3-4,7H2,1-2H3,(H,16,17);7,9H,1-6H2. The molecule has 4 aliphatic heterocycles. The number of nitriles is 2. The van der Waals surface area contributed by atoms with Crippen molar-refractivity contribution in [3.05, 3.63) is 23.3 Å². The molecule has 6 rings (SSSR count). The quantitative estimate of drug-likeness (QED) is 0.173. The maximum Gasteiger partial charge on any atom is 0.346 e. The van der Waals surface area contributed by atoms with Gasteiger partial charge in [-0.25, -0.2) is 22.4 Å². The summed E-state index contributed by atoms with van der Waals surface area (Å²) in [5.74, 6) is -6.20. The number of carbonyl (C=O) groups excluding carboxylic acids is 1. The van der Waals surface area contributed by atoms with E-state index in [2.05, 4.69) is 0 Å². The molecular formula is C37H53F4N5O5. The number of aliphatic hydroxyl groups is 2. The third kappa shape index (κ3) is 9.13. The van der Waals surface area contributed by atoms with Crippen LogP contribution in [0, 0.1) is 34.0 Å². The molecule has 4 bridgehead atoms. The summed E-state index contributed by atoms with van der Waals surface area (Å²) >= 11 is 0. The van der Waals surface area contributed by atoms with E-state index in [0.717, 1.165) is 31.6 Å². The average molecular weight is 724 g/mol. The van der Waals surface area contributed by atoms with E-state index in [9.17, 15) is 37.5 Å². The Kier molecular flexibility index (Phi) is 12.1. The number of nitrogens with zero attached hydrogens (tertiary/aromatic N) is 5. The minimum atomic E-state index is -2.73. The van der Waals surface area contributed by atoms with Crippen molar-refractivity contribution in [3.8, 4) is 12.1 Å². The van der Waals surface area contributed by atoms with Gasteiger partial charge in [0.25, 0.3) is 17.8 Å². The number of aliphatic hydroxyl groups excluding tert-OH is 2. The van der Waals surface area contributed by atoms with Gasteiger partial charge in [0.1, 0.15) is 23.3 Å². The highest BCUT2D eigenvalue weighted by Gasteiger charge is 2.54. The predicted octanol–water partition coefficient (Wildman–Crippen LogP) is 5.27. The minimum absolute atomic E-state index is 0.0214. The van der Waals surface area contributed by atoms with Crippen molar-refractivity contribution in [2.75, 3.05) is 39.4 Å². The number of halogens is 4. The number of rotatable bonds is 8. The number of carboxylic acid groups (broad SMARTS) is 1. The molecule has 6 fully saturated rings. The van der Waals surface area contributed by atoms with Crippen LogP contribution in [0.3, 0.4) is 0 Å². The van der Waals surface area contributed by atoms with Gasteiger partial charge in [0.2, 0.25) is 0 Å². The highest BCUT2D eigenvalue weighted by Crippen LogP contribution is 2.53. The fraction of sp³-hybridized carbons (Fsp3) is 0.784. The molecule has 14 heteroatoms. The maximum absolute atomic E-state index is 13.5. The fourth-order valence-electron chi connectivity index (χ4n) is 8.93. The van der Waals surface area contributed by atoms with E-state index >= 15 is 0 Å². The molecule has 0 atom stereocenters. The Morgan fingerprint density at radius 3 is 1.55 bits per heavy atom. The highest BCUT2D eigenvalue weighted by atomic mass is 19.3. The Hall–Kier alpha value is -3.04. The lowest BCUT2D eigenvalue weighted by atomic mass is 9.85. The van der Waals surface area contributed by atoms with Crippen LogP contribution in [0.1, 0.15) is 98.3 Å². The first-order valence-corrected chi connectivity index (χ1v) is 18.0. The van der Waals surface area contributed by atoms with Crippen molar-refractivity contribution in [1.82, 2.24) is 14.7 Å². The molecule has 6 aliphatic rings. The first-order chi connectivity index (χ1) is 23.7. The summed E-state index contributed by atoms with van der Waals surface area (Å²) in [6.45, 7) is 6.73. The van der Waals surface area contributed by atoms with E-state index in [4.69, 9.17) is 15.5 Å². The molecule has 3 N–H and O–H groups in total. The molecule has 0 spiro atoms. The largest absolute Gasteiger partial charge is 0.477 e.